The van der Waals surface area contributed by atoms with Gasteiger partial charge in [0.2, 0.25) is 10.0 Å². The van der Waals surface area contributed by atoms with Crippen LogP contribution in [0.2, 0.25) is 0 Å². The van der Waals surface area contributed by atoms with Gasteiger partial charge < -0.3 is 10.5 Å². The monoisotopic (exact) mass is 376 g/mol. The third-order valence-electron chi connectivity index (χ3n) is 3.52. The number of ether oxygens (including phenoxy) is 1. The highest BCUT2D eigenvalue weighted by Gasteiger charge is 2.33. The van der Waals surface area contributed by atoms with Crippen LogP contribution >= 0.6 is 15.9 Å². The second-order valence-electron chi connectivity index (χ2n) is 4.91. The van der Waals surface area contributed by atoms with Crippen molar-refractivity contribution in [2.24, 2.45) is 5.92 Å². The highest BCUT2D eigenvalue weighted by Crippen LogP contribution is 2.28. The van der Waals surface area contributed by atoms with Gasteiger partial charge in [0.1, 0.15) is 0 Å². The van der Waals surface area contributed by atoms with Gasteiger partial charge in [0.25, 0.3) is 0 Å². The predicted molar refractivity (Wildman–Crippen MR) is 82.1 cm³/mol. The minimum Gasteiger partial charge on any atom is -0.469 e. The molecule has 2 rings (SSSR count). The maximum atomic E-state index is 12.6. The zero-order chi connectivity index (χ0) is 15.6. The highest BCUT2D eigenvalue weighted by molar-refractivity contribution is 9.10. The molecule has 1 heterocycles. The molecule has 21 heavy (non-hydrogen) atoms. The van der Waals surface area contributed by atoms with Gasteiger partial charge in [-0.3, -0.25) is 4.79 Å². The van der Waals surface area contributed by atoms with E-state index in [0.717, 1.165) is 0 Å². The number of hydrogen-bond donors (Lipinski definition) is 1. The molecular weight excluding hydrogens is 360 g/mol. The number of hydrogen-bond acceptors (Lipinski definition) is 5. The zero-order valence-electron chi connectivity index (χ0n) is 11.6. The number of carbonyl (C=O) groups excluding carboxylic acids is 1. The first-order valence-corrected chi connectivity index (χ1v) is 8.72. The van der Waals surface area contributed by atoms with E-state index in [1.54, 1.807) is 6.07 Å². The zero-order valence-corrected chi connectivity index (χ0v) is 14.0. The summed E-state index contributed by atoms with van der Waals surface area (Å²) in [6.45, 7) is 0.538. The molecule has 6 nitrogen and oxygen atoms in total. The summed E-state index contributed by atoms with van der Waals surface area (Å²) < 4.78 is 31.9. The van der Waals surface area contributed by atoms with Crippen LogP contribution in [-0.2, 0) is 19.6 Å². The quantitative estimate of drug-likeness (QED) is 0.639. The molecule has 0 saturated carbocycles. The number of nitrogens with two attached hydrogens (primary N) is 1. The summed E-state index contributed by atoms with van der Waals surface area (Å²) in [7, 11) is -2.34. The average molecular weight is 377 g/mol. The van der Waals surface area contributed by atoms with Crippen molar-refractivity contribution in [2.75, 3.05) is 25.9 Å². The van der Waals surface area contributed by atoms with E-state index in [4.69, 9.17) is 10.5 Å². The second kappa shape index (κ2) is 6.33. The Morgan fingerprint density at radius 3 is 2.81 bits per heavy atom. The molecule has 1 unspecified atom stereocenters. The largest absolute Gasteiger partial charge is 0.469 e. The first-order valence-electron chi connectivity index (χ1n) is 6.49. The normalized spacial score (nSPS) is 20.2. The first kappa shape index (κ1) is 16.3. The van der Waals surface area contributed by atoms with Crippen molar-refractivity contribution in [1.29, 1.82) is 0 Å². The summed E-state index contributed by atoms with van der Waals surface area (Å²) in [5.74, 6) is -0.781. The van der Waals surface area contributed by atoms with Crippen LogP contribution in [0.5, 0.6) is 0 Å². The summed E-state index contributed by atoms with van der Waals surface area (Å²) in [4.78, 5) is 11.7. The smallest absolute Gasteiger partial charge is 0.309 e. The van der Waals surface area contributed by atoms with E-state index >= 15 is 0 Å². The maximum Gasteiger partial charge on any atom is 0.309 e. The van der Waals surface area contributed by atoms with E-state index in [-0.39, 0.29) is 17.4 Å². The van der Waals surface area contributed by atoms with Gasteiger partial charge >= 0.3 is 5.97 Å². The minimum atomic E-state index is -3.65. The number of anilines is 1. The second-order valence-corrected chi connectivity index (χ2v) is 7.70. The number of rotatable bonds is 3. The Bertz CT molecular complexity index is 648. The molecule has 1 saturated heterocycles. The fraction of sp³-hybridized carbons (Fsp3) is 0.462. The van der Waals surface area contributed by atoms with E-state index in [9.17, 15) is 13.2 Å². The number of methoxy groups -OCH3 is 1. The lowest BCUT2D eigenvalue weighted by atomic mass is 10.0. The molecule has 1 aliphatic heterocycles. The number of nitrogen functional groups attached to an aromatic ring is 1. The molecule has 8 heteroatoms. The Labute approximate surface area is 132 Å². The SMILES string of the molecule is COC(=O)C1CCCN(S(=O)(=O)c2ccc(Br)c(N)c2)C1. The molecule has 0 radical (unpaired) electrons. The maximum absolute atomic E-state index is 12.6. The van der Waals surface area contributed by atoms with Crippen molar-refractivity contribution in [3.8, 4) is 0 Å². The molecule has 1 atom stereocenters. The third-order valence-corrected chi connectivity index (χ3v) is 6.11. The van der Waals surface area contributed by atoms with Crippen LogP contribution in [0.4, 0.5) is 5.69 Å². The van der Waals surface area contributed by atoms with Gasteiger partial charge in [0.05, 0.1) is 17.9 Å². The van der Waals surface area contributed by atoms with E-state index in [2.05, 4.69) is 15.9 Å². The van der Waals surface area contributed by atoms with Gasteiger partial charge in [-0.05, 0) is 47.0 Å². The average Bonchev–Trinajstić information content (AvgIpc) is 2.49. The number of benzene rings is 1. The number of piperidine rings is 1. The highest BCUT2D eigenvalue weighted by atomic mass is 79.9. The molecule has 1 fully saturated rings. The van der Waals surface area contributed by atoms with Crippen LogP contribution in [0, 0.1) is 5.92 Å². The van der Waals surface area contributed by atoms with Crippen LogP contribution in [0.15, 0.2) is 27.6 Å². The summed E-state index contributed by atoms with van der Waals surface area (Å²) in [5, 5.41) is 0. The van der Waals surface area contributed by atoms with Gasteiger partial charge in [-0.2, -0.15) is 4.31 Å². The summed E-state index contributed by atoms with van der Waals surface area (Å²) in [5.41, 5.74) is 6.10. The van der Waals surface area contributed by atoms with E-state index < -0.39 is 15.9 Å². The van der Waals surface area contributed by atoms with Gasteiger partial charge in [0, 0.05) is 23.2 Å². The number of nitrogens with zero attached hydrogens (tertiary/aromatic N) is 1. The molecule has 0 spiro atoms. The Hall–Kier alpha value is -1.12. The molecule has 0 amide bonds. The fourth-order valence-electron chi connectivity index (χ4n) is 2.35. The van der Waals surface area contributed by atoms with Crippen molar-refractivity contribution < 1.29 is 17.9 Å². The molecule has 0 aromatic heterocycles. The number of halogens is 1. The Morgan fingerprint density at radius 2 is 2.19 bits per heavy atom. The molecule has 116 valence electrons. The van der Waals surface area contributed by atoms with Crippen molar-refractivity contribution in [3.05, 3.63) is 22.7 Å². The van der Waals surface area contributed by atoms with Crippen molar-refractivity contribution in [1.82, 2.24) is 4.31 Å². The van der Waals surface area contributed by atoms with Gasteiger partial charge in [0.15, 0.2) is 0 Å². The van der Waals surface area contributed by atoms with Crippen LogP contribution in [-0.4, -0.2) is 38.9 Å². The van der Waals surface area contributed by atoms with Gasteiger partial charge in [-0.1, -0.05) is 0 Å². The third kappa shape index (κ3) is 3.38. The van der Waals surface area contributed by atoms with Crippen molar-refractivity contribution in [3.63, 3.8) is 0 Å². The van der Waals surface area contributed by atoms with Crippen LogP contribution in [0.1, 0.15) is 12.8 Å². The van der Waals surface area contributed by atoms with Crippen molar-refractivity contribution >= 4 is 37.6 Å². The summed E-state index contributed by atoms with van der Waals surface area (Å²) in [6.07, 6.45) is 1.27. The number of sulfonamides is 1. The standard InChI is InChI=1S/C13H17BrN2O4S/c1-20-13(17)9-3-2-6-16(8-9)21(18,19)10-4-5-11(14)12(15)7-10/h4-5,7,9H,2-3,6,8,15H2,1H3. The van der Waals surface area contributed by atoms with Crippen LogP contribution in [0.25, 0.3) is 0 Å². The number of carbonyl (C=O) groups is 1. The first-order chi connectivity index (χ1) is 9.86. The molecule has 1 aromatic rings. The molecule has 1 aromatic carbocycles. The molecule has 0 bridgehead atoms. The lowest BCUT2D eigenvalue weighted by Crippen LogP contribution is -2.42. The topological polar surface area (TPSA) is 89.7 Å². The minimum absolute atomic E-state index is 0.133. The molecular formula is C13H17BrN2O4S. The lowest BCUT2D eigenvalue weighted by Gasteiger charge is -2.30. The van der Waals surface area contributed by atoms with Gasteiger partial charge in [-0.15, -0.1) is 0 Å². The predicted octanol–water partition coefficient (Wildman–Crippen LogP) is 1.60. The molecule has 2 N–H and O–H groups in total. The van der Waals surface area contributed by atoms with Crippen molar-refractivity contribution in [2.45, 2.75) is 17.7 Å². The van der Waals surface area contributed by atoms with E-state index in [1.165, 1.54) is 23.5 Å². The van der Waals surface area contributed by atoms with Crippen LogP contribution < -0.4 is 5.73 Å². The Balaban J connectivity index is 2.26. The Morgan fingerprint density at radius 1 is 1.48 bits per heavy atom. The van der Waals surface area contributed by atoms with Gasteiger partial charge in [-0.25, -0.2) is 8.42 Å². The molecule has 1 aliphatic rings. The lowest BCUT2D eigenvalue weighted by molar-refractivity contribution is -0.146. The Kier molecular flexibility index (Phi) is 4.90. The fourth-order valence-corrected chi connectivity index (χ4v) is 4.16. The summed E-state index contributed by atoms with van der Waals surface area (Å²) >= 11 is 3.24. The number of esters is 1. The molecule has 0 aliphatic carbocycles. The van der Waals surface area contributed by atoms with E-state index in [1.807, 2.05) is 0 Å². The van der Waals surface area contributed by atoms with Crippen LogP contribution in [0.3, 0.4) is 0 Å². The summed E-state index contributed by atoms with van der Waals surface area (Å²) in [6, 6.07) is 4.52. The van der Waals surface area contributed by atoms with E-state index in [0.29, 0.717) is 29.5 Å².